The number of carbonyl (C=O) groups excluding carboxylic acids is 4. The second-order valence-electron chi connectivity index (χ2n) is 19.8. The van der Waals surface area contributed by atoms with Gasteiger partial charge in [-0.2, -0.15) is 0 Å². The molecule has 9 heteroatoms. The number of hydrogen-bond acceptors (Lipinski definition) is 6. The summed E-state index contributed by atoms with van der Waals surface area (Å²) in [4.78, 5) is 62.1. The highest BCUT2D eigenvalue weighted by molar-refractivity contribution is 6.01. The molecule has 3 aliphatic rings. The first-order valence-corrected chi connectivity index (χ1v) is 23.7. The van der Waals surface area contributed by atoms with E-state index in [-0.39, 0.29) is 45.1 Å². The Morgan fingerprint density at radius 3 is 1.04 bits per heavy atom. The maximum Gasteiger partial charge on any atom is 0.408 e. The van der Waals surface area contributed by atoms with Crippen molar-refractivity contribution in [2.45, 2.75) is 88.1 Å². The molecule has 7 aromatic carbocycles. The van der Waals surface area contributed by atoms with Crippen LogP contribution in [0.1, 0.15) is 59.7 Å². The van der Waals surface area contributed by atoms with Gasteiger partial charge in [0.1, 0.15) is 28.8 Å². The van der Waals surface area contributed by atoms with Crippen LogP contribution in [0.15, 0.2) is 176 Å². The summed E-state index contributed by atoms with van der Waals surface area (Å²) in [5.41, 5.74) is 5.67. The second-order valence-corrected chi connectivity index (χ2v) is 19.8. The first-order chi connectivity index (χ1) is 33.3. The Morgan fingerprint density at radius 1 is 0.406 bits per heavy atom. The highest BCUT2D eigenvalue weighted by Crippen LogP contribution is 2.42. The van der Waals surface area contributed by atoms with Crippen LogP contribution >= 0.6 is 0 Å². The number of fused-ring (bicyclic) bond motifs is 9. The number of ether oxygens (including phenoxy) is 2. The van der Waals surface area contributed by atoms with Crippen molar-refractivity contribution in [3.05, 3.63) is 215 Å². The molecule has 0 heterocycles. The summed E-state index contributed by atoms with van der Waals surface area (Å²) in [7, 11) is 0. The predicted octanol–water partition coefficient (Wildman–Crippen LogP) is 10.1. The van der Waals surface area contributed by atoms with E-state index in [9.17, 15) is 4.79 Å². The maximum atomic E-state index is 16.4. The van der Waals surface area contributed by atoms with Crippen LogP contribution in [0.25, 0.3) is 33.4 Å². The van der Waals surface area contributed by atoms with E-state index in [0.717, 1.165) is 72.3 Å². The fourth-order valence-corrected chi connectivity index (χ4v) is 10.7. The Bertz CT molecular complexity index is 2970. The largest absolute Gasteiger partial charge is 0.458 e. The van der Waals surface area contributed by atoms with E-state index >= 15 is 14.4 Å². The predicted molar refractivity (Wildman–Crippen MR) is 268 cm³/mol. The molecule has 10 rings (SSSR count). The molecule has 69 heavy (non-hydrogen) atoms. The summed E-state index contributed by atoms with van der Waals surface area (Å²) in [6, 6.07) is 56.9. The fraction of sp³-hybridized carbons (Fsp3) is 0.233. The first-order valence-electron chi connectivity index (χ1n) is 23.7. The zero-order valence-electron chi connectivity index (χ0n) is 39.1. The van der Waals surface area contributed by atoms with Crippen LogP contribution in [-0.2, 0) is 69.0 Å². The highest BCUT2D eigenvalue weighted by Gasteiger charge is 2.54. The molecule has 0 fully saturated rings. The molecule has 0 saturated carbocycles. The Labute approximate surface area is 403 Å². The van der Waals surface area contributed by atoms with Gasteiger partial charge in [-0.25, -0.2) is 9.59 Å². The average molecular weight is 914 g/mol. The number of nitrogens with one attached hydrogen (secondary N) is 3. The molecule has 0 aliphatic heterocycles. The molecule has 0 bridgehead atoms. The third-order valence-corrected chi connectivity index (χ3v) is 13.8. The fourth-order valence-electron chi connectivity index (χ4n) is 10.7. The average Bonchev–Trinajstić information content (AvgIpc) is 3.66. The molecule has 0 aromatic heterocycles. The molecular weight excluding hydrogens is 859 g/mol. The van der Waals surface area contributed by atoms with Crippen LogP contribution < -0.4 is 16.0 Å². The SMILES string of the molecule is CC(C)(C)OC(=O)C1(NC(=O)C2(NC(=O)C3(NC(=O)OCc4ccccc4)Cc4ccccc4-c4ccccc4C3)Cc3ccccc3-c3ccccc3C2)Cc2ccccc2-c2ccccc2C1. The highest BCUT2D eigenvalue weighted by atomic mass is 16.6. The summed E-state index contributed by atoms with van der Waals surface area (Å²) in [6.45, 7) is 5.44. The van der Waals surface area contributed by atoms with Crippen LogP contribution in [0.5, 0.6) is 0 Å². The van der Waals surface area contributed by atoms with Crippen LogP contribution in [0.4, 0.5) is 4.79 Å². The smallest absolute Gasteiger partial charge is 0.408 e. The summed E-state index contributed by atoms with van der Waals surface area (Å²) < 4.78 is 12.2. The molecule has 0 atom stereocenters. The van der Waals surface area contributed by atoms with Gasteiger partial charge in [-0.3, -0.25) is 9.59 Å². The van der Waals surface area contributed by atoms with E-state index in [1.165, 1.54) is 0 Å². The van der Waals surface area contributed by atoms with Crippen molar-refractivity contribution in [1.29, 1.82) is 0 Å². The van der Waals surface area contributed by atoms with Crippen molar-refractivity contribution < 1.29 is 28.7 Å². The van der Waals surface area contributed by atoms with E-state index in [2.05, 4.69) is 16.0 Å². The van der Waals surface area contributed by atoms with E-state index in [1.54, 1.807) is 0 Å². The van der Waals surface area contributed by atoms with Gasteiger partial charge in [0.05, 0.1) is 0 Å². The quantitative estimate of drug-likeness (QED) is 0.131. The van der Waals surface area contributed by atoms with E-state index in [1.807, 2.05) is 197 Å². The van der Waals surface area contributed by atoms with Gasteiger partial charge >= 0.3 is 12.1 Å². The number of rotatable bonds is 8. The molecule has 0 radical (unpaired) electrons. The van der Waals surface area contributed by atoms with Crippen molar-refractivity contribution in [3.63, 3.8) is 0 Å². The lowest BCUT2D eigenvalue weighted by molar-refractivity contribution is -0.165. The number of hydrogen-bond donors (Lipinski definition) is 3. The lowest BCUT2D eigenvalue weighted by atomic mass is 9.79. The van der Waals surface area contributed by atoms with E-state index < -0.39 is 46.1 Å². The third-order valence-electron chi connectivity index (χ3n) is 13.8. The summed E-state index contributed by atoms with van der Waals surface area (Å²) in [5.74, 6) is -1.70. The van der Waals surface area contributed by atoms with E-state index in [0.29, 0.717) is 0 Å². The van der Waals surface area contributed by atoms with Gasteiger partial charge in [0.25, 0.3) is 0 Å². The lowest BCUT2D eigenvalue weighted by Crippen LogP contribution is -2.72. The molecule has 3 N–H and O–H groups in total. The van der Waals surface area contributed by atoms with Crippen molar-refractivity contribution in [2.75, 3.05) is 0 Å². The van der Waals surface area contributed by atoms with Gasteiger partial charge in [-0.15, -0.1) is 0 Å². The number of benzene rings is 7. The van der Waals surface area contributed by atoms with Gasteiger partial charge in [0.2, 0.25) is 11.8 Å². The second kappa shape index (κ2) is 18.0. The molecule has 0 saturated heterocycles. The molecule has 346 valence electrons. The van der Waals surface area contributed by atoms with Crippen LogP contribution in [-0.4, -0.2) is 46.1 Å². The lowest BCUT2D eigenvalue weighted by Gasteiger charge is -2.42. The Morgan fingerprint density at radius 2 is 0.696 bits per heavy atom. The zero-order chi connectivity index (χ0) is 47.8. The van der Waals surface area contributed by atoms with Crippen LogP contribution in [0, 0.1) is 0 Å². The number of amides is 3. The summed E-state index contributed by atoms with van der Waals surface area (Å²) >= 11 is 0. The Kier molecular flexibility index (Phi) is 11.8. The summed E-state index contributed by atoms with van der Waals surface area (Å²) in [6.07, 6.45) is -0.219. The van der Waals surface area contributed by atoms with Gasteiger partial charge < -0.3 is 25.4 Å². The first kappa shape index (κ1) is 45.0. The molecule has 9 nitrogen and oxygen atoms in total. The van der Waals surface area contributed by atoms with Crippen molar-refractivity contribution >= 4 is 23.9 Å². The van der Waals surface area contributed by atoms with E-state index in [4.69, 9.17) is 9.47 Å². The van der Waals surface area contributed by atoms with Crippen LogP contribution in [0.2, 0.25) is 0 Å². The van der Waals surface area contributed by atoms with Crippen LogP contribution in [0.3, 0.4) is 0 Å². The topological polar surface area (TPSA) is 123 Å². The molecule has 0 spiro atoms. The minimum atomic E-state index is -1.73. The molecule has 3 amide bonds. The Hall–Kier alpha value is -7.78. The monoisotopic (exact) mass is 913 g/mol. The minimum absolute atomic E-state index is 0.0174. The summed E-state index contributed by atoms with van der Waals surface area (Å²) in [5, 5.41) is 9.90. The molecule has 7 aromatic rings. The molecular formula is C60H55N3O6. The van der Waals surface area contributed by atoms with Gasteiger partial charge in [-0.05, 0) is 93.1 Å². The van der Waals surface area contributed by atoms with Crippen molar-refractivity contribution in [3.8, 4) is 33.4 Å². The maximum absolute atomic E-state index is 16.4. The van der Waals surface area contributed by atoms with Gasteiger partial charge in [-0.1, -0.05) is 176 Å². The molecule has 3 aliphatic carbocycles. The standard InChI is InChI=1S/C60H55N3O6/c1-57(2,3)69-55(66)60(37-45-25-11-17-31-51(45)52-32-18-12-26-46(52)38-60)62-53(64)58(33-41-21-7-13-27-47(41)48-28-14-8-22-42(48)34-58)61-54(65)59(63-56(67)68-39-40-19-5-4-6-20-40)35-43-23-9-15-29-49(43)50-30-16-10-24-44(50)36-59/h4-32H,33-39H2,1-3H3,(H,61,65)(H,62,64)(H,63,67). The molecule has 0 unspecified atom stereocenters. The number of carbonyl (C=O) groups is 4. The van der Waals surface area contributed by atoms with Gasteiger partial charge in [0.15, 0.2) is 0 Å². The zero-order valence-corrected chi connectivity index (χ0v) is 39.1. The van der Waals surface area contributed by atoms with Crippen molar-refractivity contribution in [1.82, 2.24) is 16.0 Å². The number of alkyl carbamates (subject to hydrolysis) is 1. The normalized spacial score (nSPS) is 15.8. The third kappa shape index (κ3) is 8.93. The minimum Gasteiger partial charge on any atom is -0.458 e. The Balaban J connectivity index is 1.13. The number of esters is 1. The van der Waals surface area contributed by atoms with Crippen molar-refractivity contribution in [2.24, 2.45) is 0 Å². The van der Waals surface area contributed by atoms with Gasteiger partial charge in [0, 0.05) is 38.5 Å².